The summed E-state index contributed by atoms with van der Waals surface area (Å²) in [4.78, 5) is 12.2. The van der Waals surface area contributed by atoms with Gasteiger partial charge in [-0.05, 0) is 49.6 Å². The van der Waals surface area contributed by atoms with Gasteiger partial charge in [-0.15, -0.1) is 0 Å². The molecule has 0 aromatic heterocycles. The van der Waals surface area contributed by atoms with Crippen molar-refractivity contribution in [3.63, 3.8) is 0 Å². The Morgan fingerprint density at radius 2 is 1.64 bits per heavy atom. The van der Waals surface area contributed by atoms with E-state index in [9.17, 15) is 13.2 Å². The lowest BCUT2D eigenvalue weighted by Gasteiger charge is -2.08. The molecular formula is C19H24N2O3S. The fourth-order valence-electron chi connectivity index (χ4n) is 2.27. The van der Waals surface area contributed by atoms with Gasteiger partial charge in [0.1, 0.15) is 0 Å². The molecule has 0 saturated heterocycles. The van der Waals surface area contributed by atoms with Crippen LogP contribution in [0.25, 0.3) is 0 Å². The van der Waals surface area contributed by atoms with E-state index in [2.05, 4.69) is 10.0 Å². The second-order valence-electron chi connectivity index (χ2n) is 5.96. The second-order valence-corrected chi connectivity index (χ2v) is 7.72. The summed E-state index contributed by atoms with van der Waals surface area (Å²) in [5, 5.41) is 2.79. The lowest BCUT2D eigenvalue weighted by molar-refractivity contribution is -0.116. The minimum absolute atomic E-state index is 0.0970. The van der Waals surface area contributed by atoms with E-state index in [0.717, 1.165) is 12.0 Å². The quantitative estimate of drug-likeness (QED) is 0.759. The molecule has 6 heteroatoms. The van der Waals surface area contributed by atoms with E-state index in [0.29, 0.717) is 25.1 Å². The SMILES string of the molecule is CCCNS(=O)(=O)c1ccc(NC(=O)CCc2ccc(C)cc2)cc1. The smallest absolute Gasteiger partial charge is 0.240 e. The zero-order valence-electron chi connectivity index (χ0n) is 14.6. The van der Waals surface area contributed by atoms with Gasteiger partial charge in [-0.2, -0.15) is 0 Å². The van der Waals surface area contributed by atoms with Crippen LogP contribution in [0.15, 0.2) is 53.4 Å². The molecular weight excluding hydrogens is 336 g/mol. The van der Waals surface area contributed by atoms with E-state index in [1.165, 1.54) is 17.7 Å². The monoisotopic (exact) mass is 360 g/mol. The van der Waals surface area contributed by atoms with Crippen LogP contribution in [-0.2, 0) is 21.2 Å². The maximum atomic E-state index is 12.0. The number of hydrogen-bond donors (Lipinski definition) is 2. The summed E-state index contributed by atoms with van der Waals surface area (Å²) in [6.45, 7) is 4.33. The molecule has 0 saturated carbocycles. The minimum Gasteiger partial charge on any atom is -0.326 e. The van der Waals surface area contributed by atoms with Gasteiger partial charge in [-0.3, -0.25) is 4.79 Å². The summed E-state index contributed by atoms with van der Waals surface area (Å²) < 4.78 is 26.5. The van der Waals surface area contributed by atoms with Gasteiger partial charge in [0, 0.05) is 18.7 Å². The van der Waals surface area contributed by atoms with Crippen LogP contribution in [0.5, 0.6) is 0 Å². The predicted octanol–water partition coefficient (Wildman–Crippen LogP) is 3.25. The maximum Gasteiger partial charge on any atom is 0.240 e. The number of benzene rings is 2. The van der Waals surface area contributed by atoms with Crippen molar-refractivity contribution in [1.82, 2.24) is 4.72 Å². The third-order valence-corrected chi connectivity index (χ3v) is 5.23. The van der Waals surface area contributed by atoms with E-state index in [1.54, 1.807) is 12.1 Å². The van der Waals surface area contributed by atoms with E-state index >= 15 is 0 Å². The third kappa shape index (κ3) is 5.99. The summed E-state index contributed by atoms with van der Waals surface area (Å²) >= 11 is 0. The Morgan fingerprint density at radius 1 is 1.00 bits per heavy atom. The van der Waals surface area contributed by atoms with E-state index < -0.39 is 10.0 Å². The van der Waals surface area contributed by atoms with Crippen LogP contribution in [-0.4, -0.2) is 20.9 Å². The van der Waals surface area contributed by atoms with Crippen LogP contribution in [0.4, 0.5) is 5.69 Å². The molecule has 2 aromatic carbocycles. The van der Waals surface area contributed by atoms with Crippen molar-refractivity contribution in [1.29, 1.82) is 0 Å². The Kier molecular flexibility index (Phi) is 6.73. The first-order chi connectivity index (χ1) is 11.9. The third-order valence-electron chi connectivity index (χ3n) is 3.75. The van der Waals surface area contributed by atoms with Crippen LogP contribution in [0.3, 0.4) is 0 Å². The second kappa shape index (κ2) is 8.78. The number of rotatable bonds is 8. The van der Waals surface area contributed by atoms with Crippen molar-refractivity contribution in [2.75, 3.05) is 11.9 Å². The van der Waals surface area contributed by atoms with Crippen molar-refractivity contribution in [2.24, 2.45) is 0 Å². The fourth-order valence-corrected chi connectivity index (χ4v) is 3.41. The van der Waals surface area contributed by atoms with Gasteiger partial charge in [0.15, 0.2) is 0 Å². The average molecular weight is 360 g/mol. The molecule has 2 rings (SSSR count). The lowest BCUT2D eigenvalue weighted by atomic mass is 10.1. The average Bonchev–Trinajstić information content (AvgIpc) is 2.60. The highest BCUT2D eigenvalue weighted by atomic mass is 32.2. The summed E-state index contributed by atoms with van der Waals surface area (Å²) in [5.74, 6) is -0.0970. The molecule has 0 fully saturated rings. The lowest BCUT2D eigenvalue weighted by Crippen LogP contribution is -2.24. The van der Waals surface area contributed by atoms with Crippen molar-refractivity contribution >= 4 is 21.6 Å². The molecule has 134 valence electrons. The van der Waals surface area contributed by atoms with Gasteiger partial charge in [0.05, 0.1) is 4.90 Å². The predicted molar refractivity (Wildman–Crippen MR) is 100 cm³/mol. The van der Waals surface area contributed by atoms with E-state index in [4.69, 9.17) is 0 Å². The molecule has 1 amide bonds. The van der Waals surface area contributed by atoms with Gasteiger partial charge < -0.3 is 5.32 Å². The summed E-state index contributed by atoms with van der Waals surface area (Å²) in [7, 11) is -3.48. The topological polar surface area (TPSA) is 75.3 Å². The molecule has 0 atom stereocenters. The number of nitrogens with one attached hydrogen (secondary N) is 2. The summed E-state index contributed by atoms with van der Waals surface area (Å²) in [6.07, 6.45) is 1.77. The minimum atomic E-state index is -3.48. The van der Waals surface area contributed by atoms with Gasteiger partial charge in [-0.1, -0.05) is 36.8 Å². The molecule has 25 heavy (non-hydrogen) atoms. The Labute approximate surface area is 149 Å². The standard InChI is InChI=1S/C19H24N2O3S/c1-3-14-20-25(23,24)18-11-9-17(10-12-18)21-19(22)13-8-16-6-4-15(2)5-7-16/h4-7,9-12,20H,3,8,13-14H2,1-2H3,(H,21,22). The Hall–Kier alpha value is -2.18. The summed E-state index contributed by atoms with van der Waals surface area (Å²) in [6, 6.07) is 14.3. The molecule has 0 spiro atoms. The van der Waals surface area contributed by atoms with Crippen molar-refractivity contribution in [3.8, 4) is 0 Å². The first-order valence-corrected chi connectivity index (χ1v) is 9.84. The molecule has 0 aliphatic heterocycles. The van der Waals surface area contributed by atoms with E-state index in [-0.39, 0.29) is 10.8 Å². The zero-order valence-corrected chi connectivity index (χ0v) is 15.4. The molecule has 0 unspecified atom stereocenters. The van der Waals surface area contributed by atoms with Crippen molar-refractivity contribution in [2.45, 2.75) is 38.0 Å². The number of carbonyl (C=O) groups excluding carboxylic acids is 1. The molecule has 0 radical (unpaired) electrons. The van der Waals surface area contributed by atoms with Crippen LogP contribution >= 0.6 is 0 Å². The van der Waals surface area contributed by atoms with Gasteiger partial charge in [-0.25, -0.2) is 13.1 Å². The van der Waals surface area contributed by atoms with Gasteiger partial charge in [0.2, 0.25) is 15.9 Å². The number of hydrogen-bond acceptors (Lipinski definition) is 3. The number of aryl methyl sites for hydroxylation is 2. The molecule has 0 heterocycles. The molecule has 0 aliphatic rings. The molecule has 2 N–H and O–H groups in total. The van der Waals surface area contributed by atoms with Crippen molar-refractivity contribution < 1.29 is 13.2 Å². The van der Waals surface area contributed by atoms with Crippen LogP contribution < -0.4 is 10.0 Å². The van der Waals surface area contributed by atoms with Crippen LogP contribution in [0.2, 0.25) is 0 Å². The number of amides is 1. The maximum absolute atomic E-state index is 12.0. The highest BCUT2D eigenvalue weighted by Gasteiger charge is 2.12. The normalized spacial score (nSPS) is 11.3. The Bertz CT molecular complexity index is 798. The van der Waals surface area contributed by atoms with Crippen LogP contribution in [0.1, 0.15) is 30.9 Å². The molecule has 0 bridgehead atoms. The molecule has 0 aliphatic carbocycles. The first kappa shape index (κ1) is 19.1. The highest BCUT2D eigenvalue weighted by molar-refractivity contribution is 7.89. The van der Waals surface area contributed by atoms with Crippen molar-refractivity contribution in [3.05, 3.63) is 59.7 Å². The highest BCUT2D eigenvalue weighted by Crippen LogP contribution is 2.15. The number of anilines is 1. The van der Waals surface area contributed by atoms with E-state index in [1.807, 2.05) is 38.1 Å². The van der Waals surface area contributed by atoms with Crippen LogP contribution in [0, 0.1) is 6.92 Å². The first-order valence-electron chi connectivity index (χ1n) is 8.36. The zero-order chi connectivity index (χ0) is 18.3. The largest absolute Gasteiger partial charge is 0.326 e. The van der Waals surface area contributed by atoms with Gasteiger partial charge in [0.25, 0.3) is 0 Å². The Balaban J connectivity index is 1.89. The Morgan fingerprint density at radius 3 is 2.24 bits per heavy atom. The summed E-state index contributed by atoms with van der Waals surface area (Å²) in [5.41, 5.74) is 2.89. The molecule has 2 aromatic rings. The molecule has 5 nitrogen and oxygen atoms in total. The van der Waals surface area contributed by atoms with Gasteiger partial charge >= 0.3 is 0 Å². The fraction of sp³-hybridized carbons (Fsp3) is 0.316. The number of carbonyl (C=O) groups is 1. The number of sulfonamides is 1.